The Balaban J connectivity index is 1.95. The summed E-state index contributed by atoms with van der Waals surface area (Å²) in [5, 5.41) is 11.7. The van der Waals surface area contributed by atoms with E-state index in [1.807, 2.05) is 54.1 Å². The Bertz CT molecular complexity index is 928. The number of pyridine rings is 2. The number of benzene rings is 1. The molecule has 0 fully saturated rings. The van der Waals surface area contributed by atoms with Crippen LogP contribution in [0.4, 0.5) is 0 Å². The molecule has 0 N–H and O–H groups in total. The van der Waals surface area contributed by atoms with Crippen molar-refractivity contribution in [3.63, 3.8) is 0 Å². The fourth-order valence-electron chi connectivity index (χ4n) is 2.35. The topological polar surface area (TPSA) is 61.3 Å². The summed E-state index contributed by atoms with van der Waals surface area (Å²) in [7, 11) is 0. The Hall–Kier alpha value is -3.21. The Morgan fingerprint density at radius 3 is 2.58 bits per heavy atom. The molecule has 2 heterocycles. The molecule has 2 aromatic heterocycles. The van der Waals surface area contributed by atoms with Gasteiger partial charge in [-0.1, -0.05) is 35.9 Å². The van der Waals surface area contributed by atoms with E-state index in [1.54, 1.807) is 18.2 Å². The molecule has 5 nitrogen and oxygen atoms in total. The highest BCUT2D eigenvalue weighted by molar-refractivity contribution is 5.91. The van der Waals surface area contributed by atoms with Crippen LogP contribution in [0.25, 0.3) is 0 Å². The average Bonchev–Trinajstić information content (AvgIpc) is 2.59. The number of hydrogen-bond acceptors (Lipinski definition) is 2. The molecule has 0 unspecified atom stereocenters. The van der Waals surface area contributed by atoms with E-state index in [1.165, 1.54) is 17.8 Å². The predicted molar refractivity (Wildman–Crippen MR) is 90.0 cm³/mol. The first-order valence-corrected chi connectivity index (χ1v) is 7.62. The van der Waals surface area contributed by atoms with Crippen LogP contribution in [0.3, 0.4) is 0 Å². The van der Waals surface area contributed by atoms with Crippen molar-refractivity contribution in [3.8, 4) is 0 Å². The van der Waals surface area contributed by atoms with E-state index in [-0.39, 0.29) is 5.69 Å². The zero-order valence-corrected chi connectivity index (χ0v) is 13.3. The van der Waals surface area contributed by atoms with Gasteiger partial charge in [0.15, 0.2) is 6.20 Å². The minimum atomic E-state index is -0.561. The predicted octanol–water partition coefficient (Wildman–Crippen LogP) is 2.22. The molecular weight excluding hydrogens is 302 g/mol. The number of carbonyl (C=O) groups excluding carboxylic acids is 1. The van der Waals surface area contributed by atoms with Gasteiger partial charge in [0, 0.05) is 24.9 Å². The molecule has 24 heavy (non-hydrogen) atoms. The molecule has 0 atom stereocenters. The summed E-state index contributed by atoms with van der Waals surface area (Å²) < 4.78 is 2.40. The van der Waals surface area contributed by atoms with Crippen molar-refractivity contribution < 1.29 is 9.52 Å². The van der Waals surface area contributed by atoms with Gasteiger partial charge in [-0.25, -0.2) is 0 Å². The number of nitrogens with zero attached hydrogens (tertiary/aromatic N) is 3. The highest BCUT2D eigenvalue weighted by atomic mass is 16.5. The first kappa shape index (κ1) is 15.7. The summed E-state index contributed by atoms with van der Waals surface area (Å²) in [6.45, 7) is 2.64. The minimum absolute atomic E-state index is 0.00300. The highest BCUT2D eigenvalue weighted by Crippen LogP contribution is 2.04. The van der Waals surface area contributed by atoms with E-state index in [4.69, 9.17) is 0 Å². The normalized spacial score (nSPS) is 11.5. The van der Waals surface area contributed by atoms with Crippen molar-refractivity contribution in [3.05, 3.63) is 101 Å². The van der Waals surface area contributed by atoms with Crippen LogP contribution in [0.1, 0.15) is 21.6 Å². The summed E-state index contributed by atoms with van der Waals surface area (Å²) in [6.07, 6.45) is 3.15. The van der Waals surface area contributed by atoms with Gasteiger partial charge >= 0.3 is 5.91 Å². The van der Waals surface area contributed by atoms with Crippen molar-refractivity contribution in [1.82, 2.24) is 4.57 Å². The van der Waals surface area contributed by atoms with Gasteiger partial charge in [-0.15, -0.1) is 0 Å². The van der Waals surface area contributed by atoms with E-state index < -0.39 is 5.91 Å². The largest absolute Gasteiger partial charge is 0.618 e. The summed E-state index contributed by atoms with van der Waals surface area (Å²) in [4.78, 5) is 16.4. The van der Waals surface area contributed by atoms with E-state index in [2.05, 4.69) is 4.99 Å². The van der Waals surface area contributed by atoms with Gasteiger partial charge in [0.1, 0.15) is 5.49 Å². The van der Waals surface area contributed by atoms with Gasteiger partial charge in [0.2, 0.25) is 0 Å². The van der Waals surface area contributed by atoms with Crippen molar-refractivity contribution in [2.24, 2.45) is 4.99 Å². The van der Waals surface area contributed by atoms with Crippen LogP contribution in [0.5, 0.6) is 0 Å². The summed E-state index contributed by atoms with van der Waals surface area (Å²) in [5.74, 6) is -0.561. The van der Waals surface area contributed by atoms with Crippen molar-refractivity contribution in [2.75, 3.05) is 0 Å². The number of rotatable bonds is 3. The van der Waals surface area contributed by atoms with Gasteiger partial charge in [0.25, 0.3) is 5.69 Å². The zero-order valence-electron chi connectivity index (χ0n) is 13.3. The molecule has 1 aromatic carbocycles. The number of hydrogen-bond donors (Lipinski definition) is 0. The molecule has 0 spiro atoms. The van der Waals surface area contributed by atoms with Gasteiger partial charge in [-0.2, -0.15) is 9.72 Å². The lowest BCUT2D eigenvalue weighted by molar-refractivity contribution is -0.607. The molecular formula is C19H17N3O2. The van der Waals surface area contributed by atoms with Crippen molar-refractivity contribution >= 4 is 5.91 Å². The fraction of sp³-hybridized carbons (Fsp3) is 0.105. The quantitative estimate of drug-likeness (QED) is 0.549. The van der Waals surface area contributed by atoms with E-state index in [0.717, 1.165) is 5.56 Å². The van der Waals surface area contributed by atoms with Gasteiger partial charge < -0.3 is 9.77 Å². The number of amides is 1. The average molecular weight is 319 g/mol. The third-order valence-corrected chi connectivity index (χ3v) is 3.65. The van der Waals surface area contributed by atoms with Crippen molar-refractivity contribution in [1.29, 1.82) is 0 Å². The zero-order chi connectivity index (χ0) is 16.9. The SMILES string of the molecule is Cc1ccc(Cn2ccccc2=NC(=O)c2cccc[n+]2[O-])cc1. The molecule has 0 radical (unpaired) electrons. The molecule has 3 rings (SSSR count). The number of aryl methyl sites for hydroxylation is 1. The third-order valence-electron chi connectivity index (χ3n) is 3.65. The van der Waals surface area contributed by atoms with Crippen LogP contribution < -0.4 is 10.2 Å². The first-order chi connectivity index (χ1) is 11.6. The van der Waals surface area contributed by atoms with Gasteiger partial charge in [-0.3, -0.25) is 4.79 Å². The van der Waals surface area contributed by atoms with Crippen LogP contribution in [0, 0.1) is 12.1 Å². The smallest absolute Gasteiger partial charge is 0.344 e. The lowest BCUT2D eigenvalue weighted by Gasteiger charge is -2.08. The second kappa shape index (κ2) is 6.91. The van der Waals surface area contributed by atoms with Gasteiger partial charge in [0.05, 0.1) is 0 Å². The maximum Gasteiger partial charge on any atom is 0.344 e. The molecule has 0 saturated carbocycles. The van der Waals surface area contributed by atoms with Crippen LogP contribution in [0.2, 0.25) is 0 Å². The maximum atomic E-state index is 12.3. The third kappa shape index (κ3) is 3.57. The molecule has 0 bridgehead atoms. The van der Waals surface area contributed by atoms with Gasteiger partial charge in [-0.05, 0) is 30.7 Å². The molecule has 0 aliphatic rings. The van der Waals surface area contributed by atoms with Crippen LogP contribution in [0.15, 0.2) is 78.0 Å². The van der Waals surface area contributed by atoms with E-state index >= 15 is 0 Å². The van der Waals surface area contributed by atoms with Crippen molar-refractivity contribution in [2.45, 2.75) is 13.5 Å². The maximum absolute atomic E-state index is 12.3. The molecule has 3 aromatic rings. The lowest BCUT2D eigenvalue weighted by atomic mass is 10.1. The minimum Gasteiger partial charge on any atom is -0.618 e. The van der Waals surface area contributed by atoms with Crippen LogP contribution in [-0.4, -0.2) is 10.5 Å². The molecule has 0 aliphatic heterocycles. The molecule has 1 amide bonds. The summed E-state index contributed by atoms with van der Waals surface area (Å²) >= 11 is 0. The highest BCUT2D eigenvalue weighted by Gasteiger charge is 2.13. The van der Waals surface area contributed by atoms with E-state index in [9.17, 15) is 10.0 Å². The Morgan fingerprint density at radius 2 is 1.83 bits per heavy atom. The number of carbonyl (C=O) groups is 1. The second-order valence-electron chi connectivity index (χ2n) is 5.50. The standard InChI is InChI=1S/C19H17N3O2/c1-15-8-10-16(11-9-15)14-21-12-4-3-7-18(21)20-19(23)17-6-2-5-13-22(17)24/h2-13H,14H2,1H3. The first-order valence-electron chi connectivity index (χ1n) is 7.62. The summed E-state index contributed by atoms with van der Waals surface area (Å²) in [6, 6.07) is 18.3. The van der Waals surface area contributed by atoms with Crippen LogP contribution in [-0.2, 0) is 6.54 Å². The molecule has 120 valence electrons. The Morgan fingerprint density at radius 1 is 1.08 bits per heavy atom. The Kier molecular flexibility index (Phi) is 4.52. The second-order valence-corrected chi connectivity index (χ2v) is 5.50. The fourth-order valence-corrected chi connectivity index (χ4v) is 2.35. The molecule has 0 aliphatic carbocycles. The number of aromatic nitrogens is 2. The lowest BCUT2D eigenvalue weighted by Crippen LogP contribution is -2.34. The Labute approximate surface area is 139 Å². The molecule has 5 heteroatoms. The molecule has 0 saturated heterocycles. The monoisotopic (exact) mass is 319 g/mol. The summed E-state index contributed by atoms with van der Waals surface area (Å²) in [5.41, 5.74) is 2.82. The van der Waals surface area contributed by atoms with Crippen LogP contribution >= 0.6 is 0 Å². The van der Waals surface area contributed by atoms with E-state index in [0.29, 0.717) is 16.8 Å².